The van der Waals surface area contributed by atoms with Crippen molar-refractivity contribution in [3.8, 4) is 0 Å². The molecule has 1 amide bonds. The van der Waals surface area contributed by atoms with Crippen molar-refractivity contribution in [3.63, 3.8) is 0 Å². The number of carbonyl (C=O) groups excluding carboxylic acids is 17. The van der Waals surface area contributed by atoms with Crippen molar-refractivity contribution in [2.45, 2.75) is 89.7 Å². The Kier molecular flexibility index (Phi) is 63.6. The Morgan fingerprint density at radius 1 is 0.394 bits per heavy atom. The van der Waals surface area contributed by atoms with E-state index < -0.39 is 196 Å². The van der Waals surface area contributed by atoms with Gasteiger partial charge in [0.05, 0.1) is 34.9 Å². The molecule has 0 saturated carbocycles. The molecule has 42 nitrogen and oxygen atoms in total. The maximum absolute atomic E-state index is 11.6. The molecule has 4 atom stereocenters. The second-order valence-corrected chi connectivity index (χ2v) is 16.9. The molecule has 0 unspecified atom stereocenters. The largest absolute Gasteiger partial charge is 1.00 e. The number of aliphatic carboxylic acids is 3. The van der Waals surface area contributed by atoms with Crippen molar-refractivity contribution in [2.24, 2.45) is 0 Å². The number of halogens is 10. The van der Waals surface area contributed by atoms with Gasteiger partial charge < -0.3 is 112 Å². The first-order valence-corrected chi connectivity index (χ1v) is 26.3. The molecule has 592 valence electrons. The number of carboxylic acid groups (broad SMARTS) is 3. The summed E-state index contributed by atoms with van der Waals surface area (Å²) < 4.78 is 155. The molecule has 0 aliphatic carbocycles. The van der Waals surface area contributed by atoms with E-state index in [0.717, 1.165) is 69.9 Å². The van der Waals surface area contributed by atoms with Gasteiger partial charge in [0.1, 0.15) is 32.1 Å². The second-order valence-electron chi connectivity index (χ2n) is 16.9. The molecule has 16 N–H and O–H groups in total. The first-order chi connectivity index (χ1) is 47.2. The Bertz CT molecular complexity index is 2930. The van der Waals surface area contributed by atoms with Crippen molar-refractivity contribution in [1.82, 2.24) is 5.32 Å². The van der Waals surface area contributed by atoms with Crippen LogP contribution in [-0.4, -0.2) is 246 Å². The monoisotopic (exact) mass is 1560 g/mol. The number of carbonyl (C=O) groups is 20. The summed E-state index contributed by atoms with van der Waals surface area (Å²) in [6, 6.07) is -4.45. The number of nitrogens with one attached hydrogen (secondary N) is 1. The Balaban J connectivity index is -0.000000179. The summed E-state index contributed by atoms with van der Waals surface area (Å²) in [5.74, 6) is -16.1. The number of esters is 11. The van der Waals surface area contributed by atoms with E-state index in [4.69, 9.17) is 15.3 Å². The van der Waals surface area contributed by atoms with E-state index in [1.54, 1.807) is 0 Å². The number of ketones is 4. The molecular weight excluding hydrogens is 1490 g/mol. The first-order valence-electron chi connectivity index (χ1n) is 26.3. The molecule has 52 heteroatoms. The first kappa shape index (κ1) is 108. The summed E-state index contributed by atoms with van der Waals surface area (Å²) in [5, 5.41) is 27.4. The maximum atomic E-state index is 11.6. The molecular formula is C52H70ClF9N5O37+3. The topological polar surface area (TPSA) is 654 Å². The predicted molar refractivity (Wildman–Crippen MR) is 298 cm³/mol. The quantitative estimate of drug-likeness (QED) is 0.00630. The van der Waals surface area contributed by atoms with E-state index in [1.807, 2.05) is 5.32 Å². The fraction of sp³-hybridized carbons (Fsp3) is 0.462. The lowest BCUT2D eigenvalue weighted by atomic mass is 10.2. The molecule has 0 aliphatic rings. The van der Waals surface area contributed by atoms with Crippen LogP contribution in [0.1, 0.15) is 47.0 Å². The zero-order valence-corrected chi connectivity index (χ0v) is 55.9. The molecule has 104 heavy (non-hydrogen) atoms. The van der Waals surface area contributed by atoms with Crippen molar-refractivity contribution in [3.05, 3.63) is 48.6 Å². The van der Waals surface area contributed by atoms with Gasteiger partial charge in [-0.3, -0.25) is 38.4 Å². The second kappa shape index (κ2) is 61.2. The number of hydrogen-bond acceptors (Lipinski definition) is 34. The molecule has 0 bridgehead atoms. The number of carboxylic acids is 3. The molecule has 0 rings (SSSR count). The lowest BCUT2D eigenvalue weighted by molar-refractivity contribution is -0.654. The number of Topliss-reactive ketones (excluding diaryl/α,β-unsaturated/α-hetero) is 4. The predicted octanol–water partition coefficient (Wildman–Crippen LogP) is -7.80. The third-order valence-electron chi connectivity index (χ3n) is 8.78. The third-order valence-corrected chi connectivity index (χ3v) is 8.78. The van der Waals surface area contributed by atoms with Crippen molar-refractivity contribution >= 4 is 119 Å². The van der Waals surface area contributed by atoms with Crippen molar-refractivity contribution < 1.29 is 253 Å². The van der Waals surface area contributed by atoms with Crippen LogP contribution in [0.15, 0.2) is 48.6 Å². The van der Waals surface area contributed by atoms with E-state index in [-0.39, 0.29) is 38.0 Å². The number of rotatable bonds is 30. The smallest absolute Gasteiger partial charge is 0.508 e. The zero-order chi connectivity index (χ0) is 82.0. The lowest BCUT2D eigenvalue weighted by Gasteiger charge is -2.13. The summed E-state index contributed by atoms with van der Waals surface area (Å²) in [5.41, 5.74) is 9.96. The van der Waals surface area contributed by atoms with Crippen LogP contribution in [0.4, 0.5) is 49.1 Å². The summed E-state index contributed by atoms with van der Waals surface area (Å²) >= 11 is 0. The van der Waals surface area contributed by atoms with Gasteiger partial charge in [0.15, 0.2) is 30.5 Å². The van der Waals surface area contributed by atoms with Crippen molar-refractivity contribution in [2.75, 3.05) is 68.6 Å². The molecule has 0 aliphatic heterocycles. The highest BCUT2D eigenvalue weighted by Gasteiger charge is 2.35. The highest BCUT2D eigenvalue weighted by atomic mass is 35.5. The van der Waals surface area contributed by atoms with Gasteiger partial charge in [-0.05, 0) is 0 Å². The fourth-order valence-corrected chi connectivity index (χ4v) is 3.46. The van der Waals surface area contributed by atoms with Gasteiger partial charge in [0, 0.05) is 76.3 Å². The molecule has 0 saturated heterocycles. The number of alkyl halides is 9. The third kappa shape index (κ3) is 74.5. The van der Waals surface area contributed by atoms with Gasteiger partial charge in [0.25, 0.3) is 0 Å². The minimum atomic E-state index is -4.64. The van der Waals surface area contributed by atoms with E-state index in [9.17, 15) is 135 Å². The summed E-state index contributed by atoms with van der Waals surface area (Å²) in [6.07, 6.45) is -11.2. The summed E-state index contributed by atoms with van der Waals surface area (Å²) in [6.45, 7) is -0.0767. The molecule has 0 aromatic carbocycles. The summed E-state index contributed by atoms with van der Waals surface area (Å²) in [7, 11) is 4.54. The Morgan fingerprint density at radius 3 is 0.981 bits per heavy atom. The molecule has 0 radical (unpaired) electrons. The van der Waals surface area contributed by atoms with Crippen molar-refractivity contribution in [1.29, 1.82) is 0 Å². The van der Waals surface area contributed by atoms with E-state index in [0.29, 0.717) is 20.8 Å². The van der Waals surface area contributed by atoms with E-state index in [2.05, 4.69) is 89.5 Å². The average molecular weight is 1560 g/mol. The molecule has 0 spiro atoms. The zero-order valence-electron chi connectivity index (χ0n) is 55.1. The highest BCUT2D eigenvalue weighted by molar-refractivity contribution is 5.94. The molecule has 0 heterocycles. The number of ether oxygens (including phenoxy) is 13. The minimum absolute atomic E-state index is 0. The van der Waals surface area contributed by atoms with Gasteiger partial charge in [-0.25, -0.2) is 62.3 Å². The standard InChI is InChI=1S/C12H17NO8.C11H14N2O10.2C10H13NO8.3C3H3F3O.ClH/c1-8(14)9(13)7-21-12(17)20-6-5-19-11(16)4-3-10(15)18-2;1-20-8(16)2-3-9(17)21-5-22-10(18)6(4-7(14)15)13-11(19)23-12;1-17-8(14)2-3-9(15)18-5-19-10(16)6(11)4-7(12)13;1-17-7(12)2-3-8(13)18-5-19-9(14)4-6(11)10(15)16;3*1-2(7)3(4,5)6;/h3-4,9H,5-7,13H2,1-2H3;2-3,6H,4-5H2,1,12H3,(H-,13,14,15,19);2-3,6H,4-5,11H2,1H3,(H,12,13);2-3,6H,4-5,11H2,1H3,(H,15,16);3*1H3;1H/p+3/b4-3+;3*3-2+;;;;/t9-;3*6-;;;;/m0000..../s1. The van der Waals surface area contributed by atoms with Gasteiger partial charge in [-0.2, -0.15) is 45.4 Å². The van der Waals surface area contributed by atoms with Gasteiger partial charge in [-0.1, -0.05) is 0 Å². The van der Waals surface area contributed by atoms with Crippen LogP contribution in [0, 0.1) is 0 Å². The SMILES string of the molecule is CC(=O)C(F)(F)F.CC(=O)C(F)(F)F.CC(=O)C(F)(F)F.COC(=O)/C=C/C(=O)OCCOC(=O)OC[C@H]([NH3+])C(C)=O.COC(=O)/C=C/C(=O)OCOC(=O)C[C@H]([NH3+])C(=O)O.COC(=O)/C=C/C(=O)OCOC(=O)[C@@H]([NH3+])CC(=O)O.COC(=O)/C=C/C(=O)OCOC(=O)[C@H](CC(=O)O)NC(=O)O[NH3+].[Cl-]. The van der Waals surface area contributed by atoms with Crippen LogP contribution in [0.25, 0.3) is 0 Å². The Hall–Kier alpha value is -11.7. The number of methoxy groups -OCH3 is 4. The number of amides is 1. The van der Waals surface area contributed by atoms with Crippen LogP contribution < -0.4 is 40.8 Å². The van der Waals surface area contributed by atoms with Gasteiger partial charge in [0.2, 0.25) is 37.7 Å². The molecule has 0 aromatic heterocycles. The Labute approximate surface area is 582 Å². The highest BCUT2D eigenvalue weighted by Crippen LogP contribution is 2.16. The normalized spacial score (nSPS) is 11.4. The summed E-state index contributed by atoms with van der Waals surface area (Å²) in [4.78, 5) is 217. The lowest BCUT2D eigenvalue weighted by Crippen LogP contribution is -3.00. The molecule has 0 aromatic rings. The van der Waals surface area contributed by atoms with E-state index in [1.165, 1.54) is 14.0 Å². The molecule has 0 fully saturated rings. The number of quaternary nitrogens is 4. The van der Waals surface area contributed by atoms with Gasteiger partial charge in [-0.15, -0.1) is 0 Å². The number of hydrogen-bond donors (Lipinski definition) is 8. The minimum Gasteiger partial charge on any atom is -1.00 e. The average Bonchev–Trinajstić information content (AvgIpc) is 0.914. The fourth-order valence-electron chi connectivity index (χ4n) is 3.46. The van der Waals surface area contributed by atoms with Crippen LogP contribution in [0.2, 0.25) is 0 Å². The maximum Gasteiger partial charge on any atom is 0.508 e. The Morgan fingerprint density at radius 2 is 0.692 bits per heavy atom. The van der Waals surface area contributed by atoms with E-state index >= 15 is 0 Å². The van der Waals surface area contributed by atoms with Crippen LogP contribution in [0.5, 0.6) is 0 Å². The van der Waals surface area contributed by atoms with Gasteiger partial charge >= 0.3 is 114 Å². The van der Waals surface area contributed by atoms with Crippen LogP contribution in [0.3, 0.4) is 0 Å². The van der Waals surface area contributed by atoms with Crippen LogP contribution >= 0.6 is 0 Å². The van der Waals surface area contributed by atoms with Crippen LogP contribution in [-0.2, 0) is 153 Å².